The van der Waals surface area contributed by atoms with E-state index >= 15 is 0 Å². The van der Waals surface area contributed by atoms with Crippen molar-refractivity contribution in [1.82, 2.24) is 30.0 Å². The molecule has 2 amide bonds. The summed E-state index contributed by atoms with van der Waals surface area (Å²) in [4.78, 5) is 40.6. The number of benzene rings is 1. The highest BCUT2D eigenvalue weighted by atomic mass is 19.4. The van der Waals surface area contributed by atoms with Gasteiger partial charge in [-0.3, -0.25) is 14.5 Å². The first-order valence-electron chi connectivity index (χ1n) is 15.9. The van der Waals surface area contributed by atoms with Gasteiger partial charge in [-0.1, -0.05) is 6.42 Å². The van der Waals surface area contributed by atoms with E-state index in [0.717, 1.165) is 58.2 Å². The molecule has 3 heterocycles. The third-order valence-electron chi connectivity index (χ3n) is 9.40. The number of amides is 2. The number of alkyl halides is 3. The molecular weight excluding hydrogens is 587 g/mol. The fourth-order valence-corrected chi connectivity index (χ4v) is 6.61. The number of carbonyl (C=O) groups is 2. The number of carbonyl (C=O) groups excluding carboxylic acids is 2. The Bertz CT molecular complexity index is 1300. The Morgan fingerprint density at radius 2 is 1.76 bits per heavy atom. The summed E-state index contributed by atoms with van der Waals surface area (Å²) in [6.45, 7) is 6.11. The van der Waals surface area contributed by atoms with Crippen molar-refractivity contribution in [3.05, 3.63) is 47.3 Å². The zero-order valence-corrected chi connectivity index (χ0v) is 26.1. The Labute approximate surface area is 262 Å². The maximum Gasteiger partial charge on any atom is 0.419 e. The SMILES string of the molecule is CN1CCC(N(C)C(=O)c2ccc(Nc3ncc(C(F)(F)F)c(C[C@@H]4CCC[C@@H]4C(=O)NCCN4CCOCC4)n3)cc2)CC1. The van der Waals surface area contributed by atoms with E-state index in [1.165, 1.54) is 0 Å². The van der Waals surface area contributed by atoms with E-state index in [1.54, 1.807) is 29.2 Å². The molecule has 10 nitrogen and oxygen atoms in total. The molecule has 5 rings (SSSR count). The van der Waals surface area contributed by atoms with Crippen molar-refractivity contribution in [3.63, 3.8) is 0 Å². The Hall–Kier alpha value is -3.29. The van der Waals surface area contributed by atoms with E-state index < -0.39 is 11.7 Å². The van der Waals surface area contributed by atoms with Gasteiger partial charge in [-0.2, -0.15) is 13.2 Å². The molecule has 0 radical (unpaired) electrons. The quantitative estimate of drug-likeness (QED) is 0.408. The monoisotopic (exact) mass is 631 g/mol. The third-order valence-corrected chi connectivity index (χ3v) is 9.40. The van der Waals surface area contributed by atoms with Gasteiger partial charge < -0.3 is 25.2 Å². The summed E-state index contributed by atoms with van der Waals surface area (Å²) in [5.41, 5.74) is 0.0815. The van der Waals surface area contributed by atoms with Crippen molar-refractivity contribution in [1.29, 1.82) is 0 Å². The van der Waals surface area contributed by atoms with E-state index in [1.807, 2.05) is 7.05 Å². The zero-order valence-electron chi connectivity index (χ0n) is 26.1. The van der Waals surface area contributed by atoms with Gasteiger partial charge in [-0.25, -0.2) is 9.97 Å². The van der Waals surface area contributed by atoms with Gasteiger partial charge in [0.15, 0.2) is 0 Å². The highest BCUT2D eigenvalue weighted by Gasteiger charge is 2.39. The number of morpholine rings is 1. The molecule has 13 heteroatoms. The van der Waals surface area contributed by atoms with Crippen LogP contribution in [0.2, 0.25) is 0 Å². The maximum atomic E-state index is 14.0. The molecule has 3 aliphatic rings. The number of ether oxygens (including phenoxy) is 1. The molecule has 2 saturated heterocycles. The molecule has 1 saturated carbocycles. The number of rotatable bonds is 10. The molecule has 246 valence electrons. The van der Waals surface area contributed by atoms with Crippen LogP contribution in [0.3, 0.4) is 0 Å². The summed E-state index contributed by atoms with van der Waals surface area (Å²) < 4.78 is 47.3. The maximum absolute atomic E-state index is 14.0. The van der Waals surface area contributed by atoms with Crippen LogP contribution in [-0.2, 0) is 22.1 Å². The lowest BCUT2D eigenvalue weighted by molar-refractivity contribution is -0.138. The van der Waals surface area contributed by atoms with Crippen molar-refractivity contribution in [2.75, 3.05) is 71.9 Å². The lowest BCUT2D eigenvalue weighted by Crippen LogP contribution is -2.44. The molecule has 1 aromatic carbocycles. The minimum absolute atomic E-state index is 0.0321. The number of piperidine rings is 1. The number of halogens is 3. The molecule has 2 aliphatic heterocycles. The molecule has 45 heavy (non-hydrogen) atoms. The van der Waals surface area contributed by atoms with Crippen LogP contribution in [0.25, 0.3) is 0 Å². The van der Waals surface area contributed by atoms with Crippen molar-refractivity contribution >= 4 is 23.5 Å². The van der Waals surface area contributed by atoms with E-state index in [2.05, 4.69) is 37.4 Å². The number of hydrogen-bond acceptors (Lipinski definition) is 8. The zero-order chi connectivity index (χ0) is 32.0. The van der Waals surface area contributed by atoms with Crippen LogP contribution >= 0.6 is 0 Å². The third kappa shape index (κ3) is 8.71. The summed E-state index contributed by atoms with van der Waals surface area (Å²) in [6.07, 6.45) is 0.152. The minimum Gasteiger partial charge on any atom is -0.379 e. The summed E-state index contributed by atoms with van der Waals surface area (Å²) in [5.74, 6) is -0.753. The Morgan fingerprint density at radius 1 is 1.04 bits per heavy atom. The lowest BCUT2D eigenvalue weighted by Gasteiger charge is -2.35. The first kappa shape index (κ1) is 33.1. The van der Waals surface area contributed by atoms with Crippen molar-refractivity contribution in [3.8, 4) is 0 Å². The average molecular weight is 632 g/mol. The minimum atomic E-state index is -4.62. The smallest absolute Gasteiger partial charge is 0.379 e. The van der Waals surface area contributed by atoms with Crippen LogP contribution in [0.15, 0.2) is 30.5 Å². The van der Waals surface area contributed by atoms with Crippen molar-refractivity contribution in [2.24, 2.45) is 11.8 Å². The average Bonchev–Trinajstić information content (AvgIpc) is 3.49. The van der Waals surface area contributed by atoms with E-state index in [9.17, 15) is 22.8 Å². The first-order valence-corrected chi connectivity index (χ1v) is 15.9. The Morgan fingerprint density at radius 3 is 2.44 bits per heavy atom. The number of nitrogens with one attached hydrogen (secondary N) is 2. The van der Waals surface area contributed by atoms with Crippen LogP contribution < -0.4 is 10.6 Å². The second-order valence-electron chi connectivity index (χ2n) is 12.5. The molecule has 2 N–H and O–H groups in total. The molecule has 0 bridgehead atoms. The topological polar surface area (TPSA) is 103 Å². The van der Waals surface area contributed by atoms with Gasteiger partial charge in [0.1, 0.15) is 0 Å². The molecular formula is C32H44F3N7O3. The van der Waals surface area contributed by atoms with Crippen molar-refractivity contribution < 1.29 is 27.5 Å². The summed E-state index contributed by atoms with van der Waals surface area (Å²) in [5, 5.41) is 5.99. The molecule has 1 aliphatic carbocycles. The summed E-state index contributed by atoms with van der Waals surface area (Å²) >= 11 is 0. The molecule has 3 fully saturated rings. The molecule has 2 atom stereocenters. The van der Waals surface area contributed by atoms with Gasteiger partial charge in [-0.05, 0) is 82.4 Å². The normalized spacial score (nSPS) is 21.9. The van der Waals surface area contributed by atoms with E-state index in [0.29, 0.717) is 43.9 Å². The van der Waals surface area contributed by atoms with Crippen molar-refractivity contribution in [2.45, 2.75) is 50.7 Å². The standard InChI is InChI=1S/C32H44F3N7O3/c1-40-13-10-25(11-14-40)41(2)30(44)22-6-8-24(9-7-22)38-31-37-21-27(32(33,34)35)28(39-31)20-23-4-3-5-26(23)29(43)36-12-15-42-16-18-45-19-17-42/h6-9,21,23,25-26H,3-5,10-20H2,1-2H3,(H,36,43)(H,37,38,39)/t23-,26-/m0/s1. The van der Waals surface area contributed by atoms with Gasteiger partial charge in [-0.15, -0.1) is 0 Å². The molecule has 0 spiro atoms. The van der Waals surface area contributed by atoms with E-state index in [-0.39, 0.29) is 47.8 Å². The fourth-order valence-electron chi connectivity index (χ4n) is 6.61. The van der Waals surface area contributed by atoms with Crippen LogP contribution in [0.5, 0.6) is 0 Å². The largest absolute Gasteiger partial charge is 0.419 e. The molecule has 2 aromatic rings. The number of nitrogens with zero attached hydrogens (tertiary/aromatic N) is 5. The first-order chi connectivity index (χ1) is 21.6. The number of likely N-dealkylation sites (tertiary alicyclic amines) is 1. The van der Waals surface area contributed by atoms with Gasteiger partial charge >= 0.3 is 6.18 Å². The molecule has 0 unspecified atom stereocenters. The lowest BCUT2D eigenvalue weighted by atomic mass is 9.89. The van der Waals surface area contributed by atoms with Crippen LogP contribution in [0, 0.1) is 11.8 Å². The number of anilines is 2. The highest BCUT2D eigenvalue weighted by molar-refractivity contribution is 5.94. The predicted octanol–water partition coefficient (Wildman–Crippen LogP) is 3.81. The van der Waals surface area contributed by atoms with Gasteiger partial charge in [0.25, 0.3) is 5.91 Å². The number of hydrogen-bond donors (Lipinski definition) is 2. The second kappa shape index (κ2) is 14.9. The highest BCUT2D eigenvalue weighted by Crippen LogP contribution is 2.38. The van der Waals surface area contributed by atoms with Crippen LogP contribution in [0.4, 0.5) is 24.8 Å². The fraction of sp³-hybridized carbons (Fsp3) is 0.625. The summed E-state index contributed by atoms with van der Waals surface area (Å²) in [7, 11) is 3.90. The predicted molar refractivity (Wildman–Crippen MR) is 164 cm³/mol. The Kier molecular flexibility index (Phi) is 10.9. The van der Waals surface area contributed by atoms with Crippen LogP contribution in [-0.4, -0.2) is 109 Å². The number of aromatic nitrogens is 2. The summed E-state index contributed by atoms with van der Waals surface area (Å²) in [6, 6.07) is 6.98. The van der Waals surface area contributed by atoms with Crippen LogP contribution in [0.1, 0.15) is 53.7 Å². The van der Waals surface area contributed by atoms with Gasteiger partial charge in [0.2, 0.25) is 11.9 Å². The molecule has 1 aromatic heterocycles. The second-order valence-corrected chi connectivity index (χ2v) is 12.5. The van der Waals surface area contributed by atoms with E-state index in [4.69, 9.17) is 4.74 Å². The van der Waals surface area contributed by atoms with Gasteiger partial charge in [0, 0.05) is 62.6 Å². The Balaban J connectivity index is 1.22. The van der Waals surface area contributed by atoms with Gasteiger partial charge in [0.05, 0.1) is 24.5 Å².